The molecular weight excluding hydrogens is 188 g/mol. The molecule has 5 heteroatoms. The number of hydrogen-bond donors (Lipinski definition) is 2. The van der Waals surface area contributed by atoms with E-state index in [0.29, 0.717) is 18.3 Å². The lowest BCUT2D eigenvalue weighted by Crippen LogP contribution is -2.54. The summed E-state index contributed by atoms with van der Waals surface area (Å²) in [4.78, 5) is 2.04. The van der Waals surface area contributed by atoms with E-state index in [-0.39, 0.29) is 18.8 Å². The molecule has 0 aromatic carbocycles. The van der Waals surface area contributed by atoms with Crippen molar-refractivity contribution in [3.05, 3.63) is 0 Å². The first kappa shape index (κ1) is 10.7. The zero-order valence-corrected chi connectivity index (χ0v) is 8.80. The van der Waals surface area contributed by atoms with Crippen LogP contribution >= 0.6 is 12.2 Å². The van der Waals surface area contributed by atoms with Crippen molar-refractivity contribution in [2.45, 2.75) is 19.1 Å². The minimum Gasteiger partial charge on any atom is -0.394 e. The quantitative estimate of drug-likeness (QED) is 0.568. The van der Waals surface area contributed by atoms with Crippen LogP contribution in [0.1, 0.15) is 6.92 Å². The highest BCUT2D eigenvalue weighted by Crippen LogP contribution is 2.11. The summed E-state index contributed by atoms with van der Waals surface area (Å²) in [6.07, 6.45) is -0.109. The van der Waals surface area contributed by atoms with Gasteiger partial charge >= 0.3 is 0 Å². The van der Waals surface area contributed by atoms with Crippen LogP contribution in [0.5, 0.6) is 0 Å². The molecule has 0 bridgehead atoms. The molecular formula is C8H16N2O2S. The van der Waals surface area contributed by atoms with Gasteiger partial charge in [0, 0.05) is 13.6 Å². The summed E-state index contributed by atoms with van der Waals surface area (Å²) in [5.41, 5.74) is 0. The largest absolute Gasteiger partial charge is 0.394 e. The van der Waals surface area contributed by atoms with Crippen LogP contribution in [0.15, 0.2) is 0 Å². The first-order chi connectivity index (χ1) is 6.19. The van der Waals surface area contributed by atoms with Crippen molar-refractivity contribution in [1.29, 1.82) is 0 Å². The topological polar surface area (TPSA) is 44.7 Å². The van der Waals surface area contributed by atoms with E-state index < -0.39 is 0 Å². The molecule has 2 atom stereocenters. The lowest BCUT2D eigenvalue weighted by molar-refractivity contribution is -0.0560. The van der Waals surface area contributed by atoms with E-state index in [4.69, 9.17) is 22.1 Å². The fourth-order valence-corrected chi connectivity index (χ4v) is 1.61. The fourth-order valence-electron chi connectivity index (χ4n) is 1.35. The van der Waals surface area contributed by atoms with E-state index in [9.17, 15) is 0 Å². The monoisotopic (exact) mass is 204 g/mol. The maximum Gasteiger partial charge on any atom is 0.169 e. The predicted molar refractivity (Wildman–Crippen MR) is 54.7 cm³/mol. The highest BCUT2D eigenvalue weighted by molar-refractivity contribution is 7.80. The second-order valence-corrected chi connectivity index (χ2v) is 3.58. The van der Waals surface area contributed by atoms with Gasteiger partial charge in [0.2, 0.25) is 0 Å². The third kappa shape index (κ3) is 2.52. The van der Waals surface area contributed by atoms with Gasteiger partial charge in [0.1, 0.15) is 0 Å². The van der Waals surface area contributed by atoms with Crippen molar-refractivity contribution in [1.82, 2.24) is 10.2 Å². The molecule has 0 aliphatic carbocycles. The van der Waals surface area contributed by atoms with Crippen LogP contribution in [0.4, 0.5) is 0 Å². The van der Waals surface area contributed by atoms with E-state index in [1.165, 1.54) is 0 Å². The summed E-state index contributed by atoms with van der Waals surface area (Å²) >= 11 is 5.13. The molecule has 0 aromatic rings. The number of thiocarbonyl (C=S) groups is 1. The molecule has 0 amide bonds. The third-order valence-corrected chi connectivity index (χ3v) is 2.62. The van der Waals surface area contributed by atoms with Crippen LogP contribution in [0.3, 0.4) is 0 Å². The van der Waals surface area contributed by atoms with Gasteiger partial charge in [-0.05, 0) is 19.1 Å². The van der Waals surface area contributed by atoms with Crippen molar-refractivity contribution >= 4 is 17.3 Å². The second kappa shape index (κ2) is 4.74. The number of nitrogens with one attached hydrogen (secondary N) is 1. The Morgan fingerprint density at radius 1 is 1.77 bits per heavy atom. The Labute approximate surface area is 83.9 Å². The molecule has 1 heterocycles. The van der Waals surface area contributed by atoms with Crippen molar-refractivity contribution in [3.63, 3.8) is 0 Å². The number of nitrogens with zero attached hydrogens (tertiary/aromatic N) is 1. The first-order valence-corrected chi connectivity index (χ1v) is 4.80. The van der Waals surface area contributed by atoms with E-state index in [2.05, 4.69) is 12.2 Å². The van der Waals surface area contributed by atoms with Crippen LogP contribution in [0, 0.1) is 0 Å². The van der Waals surface area contributed by atoms with E-state index in [1.807, 2.05) is 4.90 Å². The molecule has 13 heavy (non-hydrogen) atoms. The lowest BCUT2D eigenvalue weighted by Gasteiger charge is -2.38. The molecule has 0 saturated carbocycles. The summed E-state index contributed by atoms with van der Waals surface area (Å²) in [6.45, 7) is 3.39. The standard InChI is InChI=1S/C8H16N2O2S/c1-6-5-12-7(4-11)3-10(6)8(13)9-2/h6-7,11H,3-5H2,1-2H3,(H,9,13). The number of aliphatic hydroxyl groups excluding tert-OH is 1. The Morgan fingerprint density at radius 3 is 3.00 bits per heavy atom. The molecule has 2 N–H and O–H groups in total. The Balaban J connectivity index is 2.54. The SMILES string of the molecule is CNC(=S)N1CC(CO)OCC1C. The zero-order valence-electron chi connectivity index (χ0n) is 7.99. The summed E-state index contributed by atoms with van der Waals surface area (Å²) in [6, 6.07) is 0.280. The van der Waals surface area contributed by atoms with Gasteiger partial charge in [-0.1, -0.05) is 0 Å². The molecule has 0 spiro atoms. The van der Waals surface area contributed by atoms with Crippen molar-refractivity contribution in [2.75, 3.05) is 26.8 Å². The van der Waals surface area contributed by atoms with E-state index >= 15 is 0 Å². The molecule has 1 fully saturated rings. The van der Waals surface area contributed by atoms with Crippen LogP contribution in [-0.4, -0.2) is 54.1 Å². The van der Waals surface area contributed by atoms with Gasteiger partial charge in [0.15, 0.2) is 5.11 Å². The number of hydrogen-bond acceptors (Lipinski definition) is 3. The Morgan fingerprint density at radius 2 is 2.46 bits per heavy atom. The lowest BCUT2D eigenvalue weighted by atomic mass is 10.2. The predicted octanol–water partition coefficient (Wildman–Crippen LogP) is -0.428. The highest BCUT2D eigenvalue weighted by Gasteiger charge is 2.26. The molecule has 0 aromatic heterocycles. The van der Waals surface area contributed by atoms with Gasteiger partial charge in [-0.15, -0.1) is 0 Å². The maximum absolute atomic E-state index is 8.93. The van der Waals surface area contributed by atoms with Crippen molar-refractivity contribution in [2.24, 2.45) is 0 Å². The smallest absolute Gasteiger partial charge is 0.169 e. The van der Waals surface area contributed by atoms with Gasteiger partial charge in [-0.25, -0.2) is 0 Å². The Kier molecular flexibility index (Phi) is 3.90. The number of ether oxygens (including phenoxy) is 1. The zero-order chi connectivity index (χ0) is 9.84. The summed E-state index contributed by atoms with van der Waals surface area (Å²) in [5.74, 6) is 0. The van der Waals surface area contributed by atoms with Crippen molar-refractivity contribution in [3.8, 4) is 0 Å². The summed E-state index contributed by atoms with van der Waals surface area (Å²) in [5, 5.41) is 12.6. The summed E-state index contributed by atoms with van der Waals surface area (Å²) < 4.78 is 5.39. The van der Waals surface area contributed by atoms with Gasteiger partial charge in [0.25, 0.3) is 0 Å². The number of rotatable bonds is 1. The van der Waals surface area contributed by atoms with Gasteiger partial charge in [0.05, 0.1) is 25.4 Å². The molecule has 2 unspecified atom stereocenters. The molecule has 76 valence electrons. The molecule has 1 rings (SSSR count). The highest BCUT2D eigenvalue weighted by atomic mass is 32.1. The fraction of sp³-hybridized carbons (Fsp3) is 0.875. The molecule has 4 nitrogen and oxygen atoms in total. The minimum absolute atomic E-state index is 0.0511. The second-order valence-electron chi connectivity index (χ2n) is 3.19. The molecule has 0 radical (unpaired) electrons. The van der Waals surface area contributed by atoms with Gasteiger partial charge in [-0.2, -0.15) is 0 Å². The third-order valence-electron chi connectivity index (χ3n) is 2.18. The Bertz CT molecular complexity index is 189. The van der Waals surface area contributed by atoms with Crippen molar-refractivity contribution < 1.29 is 9.84 Å². The van der Waals surface area contributed by atoms with Gasteiger partial charge < -0.3 is 20.1 Å². The normalized spacial score (nSPS) is 28.7. The average Bonchev–Trinajstić information content (AvgIpc) is 2.17. The first-order valence-electron chi connectivity index (χ1n) is 4.39. The minimum atomic E-state index is -0.109. The van der Waals surface area contributed by atoms with Crippen LogP contribution in [0.2, 0.25) is 0 Å². The summed E-state index contributed by atoms with van der Waals surface area (Å²) in [7, 11) is 1.80. The van der Waals surface area contributed by atoms with Crippen LogP contribution < -0.4 is 5.32 Å². The molecule has 1 aliphatic heterocycles. The average molecular weight is 204 g/mol. The number of morpholine rings is 1. The Hall–Kier alpha value is -0.390. The maximum atomic E-state index is 8.93. The molecule has 1 aliphatic rings. The number of aliphatic hydroxyl groups is 1. The molecule has 1 saturated heterocycles. The van der Waals surface area contributed by atoms with Crippen LogP contribution in [-0.2, 0) is 4.74 Å². The van der Waals surface area contributed by atoms with Gasteiger partial charge in [-0.3, -0.25) is 0 Å². The van der Waals surface area contributed by atoms with E-state index in [0.717, 1.165) is 0 Å². The van der Waals surface area contributed by atoms with E-state index in [1.54, 1.807) is 7.05 Å². The van der Waals surface area contributed by atoms with Crippen LogP contribution in [0.25, 0.3) is 0 Å².